The van der Waals surface area contributed by atoms with E-state index in [0.29, 0.717) is 25.7 Å². The van der Waals surface area contributed by atoms with Crippen LogP contribution in [0, 0.1) is 23.7 Å². The third-order valence-electron chi connectivity index (χ3n) is 6.86. The summed E-state index contributed by atoms with van der Waals surface area (Å²) < 4.78 is 33.2. The molecule has 0 heterocycles. The molecule has 6 atom stereocenters. The van der Waals surface area contributed by atoms with E-state index in [1.165, 1.54) is 7.11 Å². The quantitative estimate of drug-likeness (QED) is 0.294. The Labute approximate surface area is 175 Å². The topological polar surface area (TPSA) is 66.8 Å². The lowest BCUT2D eigenvalue weighted by atomic mass is 9.81. The van der Waals surface area contributed by atoms with E-state index in [4.69, 9.17) is 0 Å². The van der Waals surface area contributed by atoms with Gasteiger partial charge in [0.2, 0.25) is 0 Å². The predicted octanol–water partition coefficient (Wildman–Crippen LogP) is 5.35. The SMILES string of the molecule is CC[C@H](C)CC(F)(F)C(O)CC[C@@H]1[C@@H](CCCCCCC(=O)OC)[C@@H](O)C[C@H]1C. The number of halogens is 2. The molecule has 0 aromatic heterocycles. The summed E-state index contributed by atoms with van der Waals surface area (Å²) in [5.41, 5.74) is 0. The molecule has 1 aliphatic carbocycles. The van der Waals surface area contributed by atoms with Crippen LogP contribution in [-0.2, 0) is 9.53 Å². The van der Waals surface area contributed by atoms with E-state index in [0.717, 1.165) is 32.1 Å². The molecule has 0 aliphatic heterocycles. The Morgan fingerprint density at radius 1 is 1.17 bits per heavy atom. The van der Waals surface area contributed by atoms with Crippen molar-refractivity contribution >= 4 is 5.97 Å². The fourth-order valence-corrected chi connectivity index (χ4v) is 4.75. The number of methoxy groups -OCH3 is 1. The molecule has 0 aromatic carbocycles. The van der Waals surface area contributed by atoms with Crippen molar-refractivity contribution in [3.63, 3.8) is 0 Å². The number of aliphatic hydroxyl groups is 2. The van der Waals surface area contributed by atoms with Gasteiger partial charge in [-0.3, -0.25) is 4.79 Å². The van der Waals surface area contributed by atoms with Crippen LogP contribution in [0.2, 0.25) is 0 Å². The number of hydrogen-bond donors (Lipinski definition) is 2. The Morgan fingerprint density at radius 2 is 1.83 bits per heavy atom. The smallest absolute Gasteiger partial charge is 0.305 e. The highest BCUT2D eigenvalue weighted by Crippen LogP contribution is 2.43. The molecule has 1 saturated carbocycles. The molecule has 1 aliphatic rings. The minimum absolute atomic E-state index is 0.0841. The maximum absolute atomic E-state index is 14.3. The molecule has 0 saturated heterocycles. The van der Waals surface area contributed by atoms with Crippen LogP contribution in [0.1, 0.15) is 91.4 Å². The Bertz CT molecular complexity index is 472. The maximum Gasteiger partial charge on any atom is 0.305 e. The lowest BCUT2D eigenvalue weighted by Gasteiger charge is -2.29. The fraction of sp³-hybridized carbons (Fsp3) is 0.957. The first kappa shape index (κ1) is 26.3. The van der Waals surface area contributed by atoms with Crippen molar-refractivity contribution in [3.05, 3.63) is 0 Å². The zero-order chi connectivity index (χ0) is 22.0. The molecule has 0 aromatic rings. The van der Waals surface area contributed by atoms with Gasteiger partial charge in [-0.1, -0.05) is 46.5 Å². The highest BCUT2D eigenvalue weighted by atomic mass is 19.3. The summed E-state index contributed by atoms with van der Waals surface area (Å²) in [5, 5.41) is 20.5. The summed E-state index contributed by atoms with van der Waals surface area (Å²) >= 11 is 0. The average Bonchev–Trinajstić information content (AvgIpc) is 2.94. The van der Waals surface area contributed by atoms with Gasteiger partial charge in [0.1, 0.15) is 6.10 Å². The van der Waals surface area contributed by atoms with Crippen molar-refractivity contribution in [3.8, 4) is 0 Å². The number of carbonyl (C=O) groups is 1. The second-order valence-corrected chi connectivity index (χ2v) is 9.21. The Balaban J connectivity index is 2.44. The highest BCUT2D eigenvalue weighted by molar-refractivity contribution is 5.68. The molecule has 1 rings (SSSR count). The minimum atomic E-state index is -3.05. The monoisotopic (exact) mass is 420 g/mol. The molecule has 6 heteroatoms. The number of esters is 1. The highest BCUT2D eigenvalue weighted by Gasteiger charge is 2.43. The van der Waals surface area contributed by atoms with Crippen LogP contribution in [0.3, 0.4) is 0 Å². The van der Waals surface area contributed by atoms with Crippen molar-refractivity contribution in [1.82, 2.24) is 0 Å². The van der Waals surface area contributed by atoms with Gasteiger partial charge < -0.3 is 14.9 Å². The van der Waals surface area contributed by atoms with Crippen molar-refractivity contribution in [1.29, 1.82) is 0 Å². The van der Waals surface area contributed by atoms with Crippen molar-refractivity contribution in [2.45, 2.75) is 110 Å². The number of aliphatic hydroxyl groups excluding tert-OH is 2. The van der Waals surface area contributed by atoms with Gasteiger partial charge in [-0.25, -0.2) is 8.78 Å². The van der Waals surface area contributed by atoms with Gasteiger partial charge in [0.05, 0.1) is 13.2 Å². The van der Waals surface area contributed by atoms with Crippen LogP contribution in [0.5, 0.6) is 0 Å². The normalized spacial score (nSPS) is 27.0. The molecule has 172 valence electrons. The second kappa shape index (κ2) is 12.8. The predicted molar refractivity (Wildman–Crippen MR) is 111 cm³/mol. The van der Waals surface area contributed by atoms with Gasteiger partial charge >= 0.3 is 5.97 Å². The Kier molecular flexibility index (Phi) is 11.6. The second-order valence-electron chi connectivity index (χ2n) is 9.21. The lowest BCUT2D eigenvalue weighted by molar-refractivity contribution is -0.140. The maximum atomic E-state index is 14.3. The lowest BCUT2D eigenvalue weighted by Crippen LogP contribution is -2.36. The van der Waals surface area contributed by atoms with Crippen LogP contribution in [0.15, 0.2) is 0 Å². The van der Waals surface area contributed by atoms with E-state index in [-0.39, 0.29) is 48.6 Å². The summed E-state index contributed by atoms with van der Waals surface area (Å²) in [6, 6.07) is 0. The minimum Gasteiger partial charge on any atom is -0.469 e. The van der Waals surface area contributed by atoms with E-state index in [9.17, 15) is 23.8 Å². The average molecular weight is 421 g/mol. The molecule has 0 radical (unpaired) electrons. The largest absolute Gasteiger partial charge is 0.469 e. The summed E-state index contributed by atoms with van der Waals surface area (Å²) in [5.74, 6) is -2.78. The van der Waals surface area contributed by atoms with Gasteiger partial charge in [-0.05, 0) is 55.8 Å². The van der Waals surface area contributed by atoms with E-state index in [2.05, 4.69) is 11.7 Å². The molecule has 0 spiro atoms. The van der Waals surface area contributed by atoms with Crippen LogP contribution in [0.4, 0.5) is 8.78 Å². The van der Waals surface area contributed by atoms with Crippen molar-refractivity contribution in [2.75, 3.05) is 7.11 Å². The molecular formula is C23H42F2O4. The first-order valence-electron chi connectivity index (χ1n) is 11.4. The number of rotatable bonds is 14. The molecule has 2 N–H and O–H groups in total. The van der Waals surface area contributed by atoms with E-state index in [1.54, 1.807) is 6.92 Å². The van der Waals surface area contributed by atoms with Crippen LogP contribution in [0.25, 0.3) is 0 Å². The Morgan fingerprint density at radius 3 is 2.45 bits per heavy atom. The third kappa shape index (κ3) is 8.87. The van der Waals surface area contributed by atoms with Gasteiger partial charge in [-0.15, -0.1) is 0 Å². The van der Waals surface area contributed by atoms with Crippen molar-refractivity contribution < 1.29 is 28.5 Å². The van der Waals surface area contributed by atoms with Crippen LogP contribution in [-0.4, -0.2) is 41.4 Å². The van der Waals surface area contributed by atoms with E-state index in [1.807, 2.05) is 6.92 Å². The summed E-state index contributed by atoms with van der Waals surface area (Å²) in [6.07, 6.45) is 4.71. The number of alkyl halides is 2. The molecule has 29 heavy (non-hydrogen) atoms. The van der Waals surface area contributed by atoms with Crippen LogP contribution >= 0.6 is 0 Å². The summed E-state index contributed by atoms with van der Waals surface area (Å²) in [7, 11) is 1.39. The third-order valence-corrected chi connectivity index (χ3v) is 6.86. The van der Waals surface area contributed by atoms with E-state index >= 15 is 0 Å². The van der Waals surface area contributed by atoms with Gasteiger partial charge in [0, 0.05) is 12.8 Å². The molecule has 4 nitrogen and oxygen atoms in total. The number of hydrogen-bond acceptors (Lipinski definition) is 4. The first-order valence-corrected chi connectivity index (χ1v) is 11.4. The van der Waals surface area contributed by atoms with Crippen molar-refractivity contribution in [2.24, 2.45) is 23.7 Å². The van der Waals surface area contributed by atoms with Gasteiger partial charge in [0.15, 0.2) is 0 Å². The molecule has 0 bridgehead atoms. The number of ether oxygens (including phenoxy) is 1. The van der Waals surface area contributed by atoms with Gasteiger partial charge in [0.25, 0.3) is 5.92 Å². The number of unbranched alkanes of at least 4 members (excludes halogenated alkanes) is 3. The van der Waals surface area contributed by atoms with Crippen LogP contribution < -0.4 is 0 Å². The molecular weight excluding hydrogens is 378 g/mol. The summed E-state index contributed by atoms with van der Waals surface area (Å²) in [4.78, 5) is 11.1. The first-order chi connectivity index (χ1) is 13.6. The Hall–Kier alpha value is -0.750. The molecule has 1 fully saturated rings. The summed E-state index contributed by atoms with van der Waals surface area (Å²) in [6.45, 7) is 5.75. The zero-order valence-electron chi connectivity index (χ0n) is 18.7. The fourth-order valence-electron chi connectivity index (χ4n) is 4.75. The van der Waals surface area contributed by atoms with Gasteiger partial charge in [-0.2, -0.15) is 0 Å². The standard InChI is InChI=1S/C23H42F2O4/c1-5-16(2)15-23(24,25)21(27)13-12-18-17(3)14-20(26)19(18)10-8-6-7-9-11-22(28)29-4/h16-21,26-27H,5-15H2,1-4H3/t16-,17+,18-,19+,20-,21?/m0/s1. The molecule has 0 amide bonds. The molecule has 1 unspecified atom stereocenters. The number of carbonyl (C=O) groups excluding carboxylic acids is 1. The zero-order valence-corrected chi connectivity index (χ0v) is 18.7. The van der Waals surface area contributed by atoms with E-state index < -0.39 is 12.0 Å².